The molecule has 1 aliphatic rings. The van der Waals surface area contributed by atoms with Gasteiger partial charge < -0.3 is 15.4 Å². The Balaban J connectivity index is 0.00000320. The summed E-state index contributed by atoms with van der Waals surface area (Å²) in [6.07, 6.45) is 4.72. The van der Waals surface area contributed by atoms with Crippen LogP contribution in [0.4, 0.5) is 0 Å². The zero-order valence-electron chi connectivity index (χ0n) is 17.9. The minimum absolute atomic E-state index is 0. The van der Waals surface area contributed by atoms with Crippen molar-refractivity contribution in [3.05, 3.63) is 46.1 Å². The number of aryl methyl sites for hydroxylation is 2. The van der Waals surface area contributed by atoms with Crippen LogP contribution in [0.1, 0.15) is 37.6 Å². The molecule has 0 saturated heterocycles. The number of rotatable bonds is 9. The summed E-state index contributed by atoms with van der Waals surface area (Å²) in [6.45, 7) is 5.65. The third-order valence-corrected chi connectivity index (χ3v) is 5.05. The number of nitrogens with zero attached hydrogens (tertiary/aromatic N) is 4. The zero-order chi connectivity index (χ0) is 20.5. The van der Waals surface area contributed by atoms with E-state index >= 15 is 0 Å². The lowest BCUT2D eigenvalue weighted by Crippen LogP contribution is -2.38. The maximum absolute atomic E-state index is 12.4. The maximum atomic E-state index is 12.4. The molecule has 0 radical (unpaired) electrons. The lowest BCUT2D eigenvalue weighted by atomic mass is 10.1. The van der Waals surface area contributed by atoms with E-state index in [2.05, 4.69) is 26.8 Å². The predicted octanol–water partition coefficient (Wildman–Crippen LogP) is 2.20. The highest BCUT2D eigenvalue weighted by atomic mass is 127. The second-order valence-electron chi connectivity index (χ2n) is 7.13. The number of hydrogen-bond donors (Lipinski definition) is 2. The summed E-state index contributed by atoms with van der Waals surface area (Å²) < 4.78 is 8.81. The lowest BCUT2D eigenvalue weighted by molar-refractivity contribution is 0.409. The van der Waals surface area contributed by atoms with Gasteiger partial charge in [0.05, 0.1) is 7.11 Å². The van der Waals surface area contributed by atoms with Crippen LogP contribution < -0.4 is 21.1 Å². The maximum Gasteiger partial charge on any atom is 0.345 e. The first kappa shape index (κ1) is 24.2. The monoisotopic (exact) mass is 528 g/mol. The van der Waals surface area contributed by atoms with Crippen LogP contribution in [0.2, 0.25) is 0 Å². The van der Waals surface area contributed by atoms with Gasteiger partial charge >= 0.3 is 5.69 Å². The standard InChI is InChI=1S/C21H32N6O2.HI/c1-3-22-20(24-14-12-17-9-4-5-10-18(17)29-2)23-13-8-16-27-21(28)26-15-7-6-11-19(26)25-27;/h4-5,9-10H,3,6-8,11-16H2,1-2H3,(H2,22,23,24);1H. The Kier molecular flexibility index (Phi) is 10.2. The van der Waals surface area contributed by atoms with Gasteiger partial charge in [0.25, 0.3) is 0 Å². The fourth-order valence-corrected chi connectivity index (χ4v) is 3.57. The second kappa shape index (κ2) is 12.6. The van der Waals surface area contributed by atoms with Crippen molar-refractivity contribution in [2.24, 2.45) is 4.99 Å². The normalized spacial score (nSPS) is 13.3. The number of ether oxygens (including phenoxy) is 1. The molecule has 0 atom stereocenters. The van der Waals surface area contributed by atoms with E-state index < -0.39 is 0 Å². The Morgan fingerprint density at radius 1 is 1.27 bits per heavy atom. The number of guanidine groups is 1. The molecule has 1 aromatic heterocycles. The summed E-state index contributed by atoms with van der Waals surface area (Å²) in [7, 11) is 1.69. The molecule has 2 heterocycles. The molecule has 166 valence electrons. The Bertz CT molecular complexity index is 877. The molecule has 1 aromatic carbocycles. The van der Waals surface area contributed by atoms with Crippen molar-refractivity contribution in [1.82, 2.24) is 25.0 Å². The van der Waals surface area contributed by atoms with Gasteiger partial charge in [-0.25, -0.2) is 9.48 Å². The van der Waals surface area contributed by atoms with Crippen LogP contribution in [0.5, 0.6) is 5.75 Å². The molecule has 8 nitrogen and oxygen atoms in total. The average molecular weight is 528 g/mol. The van der Waals surface area contributed by atoms with Crippen molar-refractivity contribution in [3.63, 3.8) is 0 Å². The first-order valence-corrected chi connectivity index (χ1v) is 10.5. The highest BCUT2D eigenvalue weighted by molar-refractivity contribution is 14.0. The lowest BCUT2D eigenvalue weighted by Gasteiger charge is -2.12. The van der Waals surface area contributed by atoms with Crippen LogP contribution in [0.15, 0.2) is 34.1 Å². The summed E-state index contributed by atoms with van der Waals surface area (Å²) >= 11 is 0. The summed E-state index contributed by atoms with van der Waals surface area (Å²) in [4.78, 5) is 17.0. The first-order chi connectivity index (χ1) is 14.2. The van der Waals surface area contributed by atoms with Crippen molar-refractivity contribution in [2.75, 3.05) is 26.7 Å². The molecule has 1 aliphatic heterocycles. The van der Waals surface area contributed by atoms with E-state index in [1.54, 1.807) is 11.8 Å². The highest BCUT2D eigenvalue weighted by Gasteiger charge is 2.16. The number of methoxy groups -OCH3 is 1. The molecular formula is C21H33IN6O2. The average Bonchev–Trinajstić information content (AvgIpc) is 3.07. The third-order valence-electron chi connectivity index (χ3n) is 5.05. The summed E-state index contributed by atoms with van der Waals surface area (Å²) in [5.41, 5.74) is 1.19. The third kappa shape index (κ3) is 6.48. The van der Waals surface area contributed by atoms with E-state index in [9.17, 15) is 4.79 Å². The van der Waals surface area contributed by atoms with Crippen LogP contribution in [0.25, 0.3) is 0 Å². The van der Waals surface area contributed by atoms with Crippen molar-refractivity contribution in [1.29, 1.82) is 0 Å². The molecular weight excluding hydrogens is 495 g/mol. The van der Waals surface area contributed by atoms with Crippen LogP contribution in [-0.2, 0) is 25.9 Å². The molecule has 0 spiro atoms. The van der Waals surface area contributed by atoms with E-state index in [-0.39, 0.29) is 29.7 Å². The van der Waals surface area contributed by atoms with Gasteiger partial charge in [0.1, 0.15) is 11.6 Å². The van der Waals surface area contributed by atoms with Crippen molar-refractivity contribution in [2.45, 2.75) is 52.1 Å². The summed E-state index contributed by atoms with van der Waals surface area (Å²) in [5, 5.41) is 11.1. The summed E-state index contributed by atoms with van der Waals surface area (Å²) in [5.74, 6) is 2.62. The molecule has 2 aromatic rings. The number of aromatic nitrogens is 3. The molecule has 0 aliphatic carbocycles. The molecule has 3 rings (SSSR count). The number of benzene rings is 1. The fourth-order valence-electron chi connectivity index (χ4n) is 3.57. The van der Waals surface area contributed by atoms with E-state index in [0.29, 0.717) is 13.1 Å². The molecule has 2 N–H and O–H groups in total. The Morgan fingerprint density at radius 2 is 2.10 bits per heavy atom. The van der Waals surface area contributed by atoms with Gasteiger partial charge in [0, 0.05) is 39.1 Å². The molecule has 9 heteroatoms. The molecule has 30 heavy (non-hydrogen) atoms. The topological polar surface area (TPSA) is 85.5 Å². The van der Waals surface area contributed by atoms with Crippen LogP contribution >= 0.6 is 24.0 Å². The number of halogens is 1. The number of hydrogen-bond acceptors (Lipinski definition) is 4. The fraction of sp³-hybridized carbons (Fsp3) is 0.571. The van der Waals surface area contributed by atoms with Gasteiger partial charge in [-0.05, 0) is 44.2 Å². The Morgan fingerprint density at radius 3 is 2.87 bits per heavy atom. The number of para-hydroxylation sites is 1. The van der Waals surface area contributed by atoms with E-state index in [0.717, 1.165) is 69.3 Å². The quantitative estimate of drug-likeness (QED) is 0.226. The summed E-state index contributed by atoms with van der Waals surface area (Å²) in [6, 6.07) is 8.05. The van der Waals surface area contributed by atoms with Crippen LogP contribution in [-0.4, -0.2) is 47.1 Å². The van der Waals surface area contributed by atoms with Gasteiger partial charge in [-0.2, -0.15) is 5.10 Å². The second-order valence-corrected chi connectivity index (χ2v) is 7.13. The minimum Gasteiger partial charge on any atom is -0.496 e. The molecule has 0 saturated carbocycles. The van der Waals surface area contributed by atoms with Gasteiger partial charge in [0.2, 0.25) is 0 Å². The first-order valence-electron chi connectivity index (χ1n) is 10.5. The SMILES string of the molecule is CCNC(=NCCCn1nc2n(c1=O)CCCC2)NCCc1ccccc1OC.I. The van der Waals surface area contributed by atoms with Gasteiger partial charge in [-0.1, -0.05) is 18.2 Å². The van der Waals surface area contributed by atoms with Crippen molar-refractivity contribution < 1.29 is 4.74 Å². The molecule has 0 fully saturated rings. The number of fused-ring (bicyclic) bond motifs is 1. The highest BCUT2D eigenvalue weighted by Crippen LogP contribution is 2.17. The van der Waals surface area contributed by atoms with E-state index in [1.165, 1.54) is 5.56 Å². The van der Waals surface area contributed by atoms with Gasteiger partial charge in [-0.15, -0.1) is 24.0 Å². The molecule has 0 amide bonds. The van der Waals surface area contributed by atoms with E-state index in [1.807, 2.05) is 29.7 Å². The van der Waals surface area contributed by atoms with Gasteiger partial charge in [0.15, 0.2) is 5.96 Å². The minimum atomic E-state index is 0. The molecule has 0 unspecified atom stereocenters. The Hall–Kier alpha value is -2.04. The van der Waals surface area contributed by atoms with Crippen molar-refractivity contribution in [3.8, 4) is 5.75 Å². The zero-order valence-corrected chi connectivity index (χ0v) is 20.2. The number of nitrogens with one attached hydrogen (secondary N) is 2. The predicted molar refractivity (Wildman–Crippen MR) is 130 cm³/mol. The number of aliphatic imine (C=N–C) groups is 1. The smallest absolute Gasteiger partial charge is 0.345 e. The van der Waals surface area contributed by atoms with E-state index in [4.69, 9.17) is 4.74 Å². The van der Waals surface area contributed by atoms with Crippen LogP contribution in [0, 0.1) is 0 Å². The largest absolute Gasteiger partial charge is 0.496 e. The van der Waals surface area contributed by atoms with Crippen molar-refractivity contribution >= 4 is 29.9 Å². The Labute approximate surface area is 195 Å². The van der Waals surface area contributed by atoms with Gasteiger partial charge in [-0.3, -0.25) is 9.56 Å². The molecule has 0 bridgehead atoms. The van der Waals surface area contributed by atoms with Crippen LogP contribution in [0.3, 0.4) is 0 Å².